The Morgan fingerprint density at radius 2 is 2.37 bits per heavy atom. The van der Waals surface area contributed by atoms with Gasteiger partial charge in [0.15, 0.2) is 0 Å². The van der Waals surface area contributed by atoms with Gasteiger partial charge in [-0.3, -0.25) is 0 Å². The molecule has 1 aliphatic heterocycles. The zero-order chi connectivity index (χ0) is 12.8. The van der Waals surface area contributed by atoms with Crippen LogP contribution in [0.3, 0.4) is 0 Å². The summed E-state index contributed by atoms with van der Waals surface area (Å²) in [6.45, 7) is 3.34. The lowest BCUT2D eigenvalue weighted by molar-refractivity contribution is 0.645. The minimum atomic E-state index is 0.666. The van der Waals surface area contributed by atoms with Gasteiger partial charge in [-0.15, -0.1) is 0 Å². The van der Waals surface area contributed by atoms with Crippen LogP contribution in [0, 0.1) is 5.92 Å². The summed E-state index contributed by atoms with van der Waals surface area (Å²) in [5.41, 5.74) is 5.34. The van der Waals surface area contributed by atoms with Crippen molar-refractivity contribution >= 4 is 5.69 Å². The molecule has 2 unspecified atom stereocenters. The molecule has 1 fully saturated rings. The van der Waals surface area contributed by atoms with Crippen LogP contribution >= 0.6 is 0 Å². The predicted octanol–water partition coefficient (Wildman–Crippen LogP) is 3.49. The van der Waals surface area contributed by atoms with Crippen LogP contribution in [0.25, 0.3) is 11.3 Å². The molecule has 3 nitrogen and oxygen atoms in total. The number of rotatable bonds is 3. The molecule has 98 valence electrons. The Kier molecular flexibility index (Phi) is 2.40. The third kappa shape index (κ3) is 1.68. The lowest BCUT2D eigenvalue weighted by atomic mass is 10.1. The summed E-state index contributed by atoms with van der Waals surface area (Å²) in [5.74, 6) is 0.845. The van der Waals surface area contributed by atoms with E-state index in [0.717, 1.165) is 18.9 Å². The summed E-state index contributed by atoms with van der Waals surface area (Å²) in [6.07, 6.45) is 7.73. The van der Waals surface area contributed by atoms with E-state index in [1.807, 2.05) is 12.5 Å². The van der Waals surface area contributed by atoms with Gasteiger partial charge in [-0.25, -0.2) is 4.98 Å². The average Bonchev–Trinajstić information content (AvgIpc) is 2.88. The predicted molar refractivity (Wildman–Crippen MR) is 77.3 cm³/mol. The maximum atomic E-state index is 4.39. The molecule has 1 aromatic carbocycles. The lowest BCUT2D eigenvalue weighted by Crippen LogP contribution is -1.99. The molecule has 0 radical (unpaired) electrons. The first kappa shape index (κ1) is 11.1. The molecule has 2 atom stereocenters. The van der Waals surface area contributed by atoms with E-state index in [4.69, 9.17) is 0 Å². The van der Waals surface area contributed by atoms with Gasteiger partial charge in [0, 0.05) is 23.8 Å². The molecule has 3 heteroatoms. The molecule has 0 saturated heterocycles. The van der Waals surface area contributed by atoms with Crippen molar-refractivity contribution in [2.45, 2.75) is 32.2 Å². The maximum Gasteiger partial charge on any atom is 0.0953 e. The highest BCUT2D eigenvalue weighted by molar-refractivity contribution is 5.80. The van der Waals surface area contributed by atoms with Crippen molar-refractivity contribution in [3.05, 3.63) is 36.3 Å². The molecule has 2 heterocycles. The minimum absolute atomic E-state index is 0.666. The van der Waals surface area contributed by atoms with Crippen molar-refractivity contribution in [2.24, 2.45) is 5.92 Å². The molecule has 2 aromatic rings. The van der Waals surface area contributed by atoms with Crippen LogP contribution in [0.4, 0.5) is 5.69 Å². The topological polar surface area (TPSA) is 29.9 Å². The van der Waals surface area contributed by atoms with Gasteiger partial charge >= 0.3 is 0 Å². The van der Waals surface area contributed by atoms with Crippen LogP contribution in [0.5, 0.6) is 0 Å². The van der Waals surface area contributed by atoms with E-state index in [0.29, 0.717) is 6.04 Å². The van der Waals surface area contributed by atoms with E-state index in [2.05, 4.69) is 40.0 Å². The Morgan fingerprint density at radius 1 is 1.42 bits per heavy atom. The number of benzene rings is 1. The molecule has 0 bridgehead atoms. The van der Waals surface area contributed by atoms with Crippen molar-refractivity contribution in [3.8, 4) is 11.3 Å². The second-order valence-corrected chi connectivity index (χ2v) is 5.67. The second-order valence-electron chi connectivity index (χ2n) is 5.67. The zero-order valence-corrected chi connectivity index (χ0v) is 11.3. The van der Waals surface area contributed by atoms with Crippen molar-refractivity contribution in [1.82, 2.24) is 9.55 Å². The Labute approximate surface area is 113 Å². The number of hydrogen-bond donors (Lipinski definition) is 1. The summed E-state index contributed by atoms with van der Waals surface area (Å²) in [7, 11) is 0. The van der Waals surface area contributed by atoms with Gasteiger partial charge in [-0.1, -0.05) is 31.5 Å². The molecule has 19 heavy (non-hydrogen) atoms. The fourth-order valence-corrected chi connectivity index (χ4v) is 3.34. The fraction of sp³-hybridized carbons (Fsp3) is 0.438. The number of para-hydroxylation sites is 1. The summed E-state index contributed by atoms with van der Waals surface area (Å²) >= 11 is 0. The first-order valence-electron chi connectivity index (χ1n) is 7.26. The highest BCUT2D eigenvalue weighted by Crippen LogP contribution is 2.48. The maximum absolute atomic E-state index is 4.39. The van der Waals surface area contributed by atoms with Crippen molar-refractivity contribution in [3.63, 3.8) is 0 Å². The third-order valence-electron chi connectivity index (χ3n) is 4.56. The molecular formula is C16H19N3. The molecule has 4 rings (SSSR count). The van der Waals surface area contributed by atoms with E-state index < -0.39 is 0 Å². The average molecular weight is 253 g/mol. The molecule has 1 aromatic heterocycles. The first-order chi connectivity index (χ1) is 9.38. The van der Waals surface area contributed by atoms with E-state index in [9.17, 15) is 0 Å². The summed E-state index contributed by atoms with van der Waals surface area (Å²) in [6, 6.07) is 7.28. The van der Waals surface area contributed by atoms with E-state index in [1.54, 1.807) is 0 Å². The molecule has 0 spiro atoms. The fourth-order valence-electron chi connectivity index (χ4n) is 3.34. The van der Waals surface area contributed by atoms with Gasteiger partial charge in [-0.05, 0) is 24.3 Å². The Hall–Kier alpha value is -1.77. The number of nitrogens with zero attached hydrogens (tertiary/aromatic N) is 2. The van der Waals surface area contributed by atoms with E-state index in [-0.39, 0.29) is 0 Å². The van der Waals surface area contributed by atoms with E-state index >= 15 is 0 Å². The van der Waals surface area contributed by atoms with Gasteiger partial charge in [0.05, 0.1) is 18.2 Å². The standard InChI is InChI=1S/C16H19N3/c1-2-11-8-14(11)19-10-17-9-15(19)13-5-3-4-12-6-7-18-16(12)13/h3-5,9-11,14,18H,2,6-8H2,1H3. The quantitative estimate of drug-likeness (QED) is 0.907. The smallest absolute Gasteiger partial charge is 0.0953 e. The monoisotopic (exact) mass is 253 g/mol. The number of anilines is 1. The second kappa shape index (κ2) is 4.12. The number of nitrogens with one attached hydrogen (secondary N) is 1. The van der Waals surface area contributed by atoms with Crippen LogP contribution < -0.4 is 5.32 Å². The Balaban J connectivity index is 1.78. The van der Waals surface area contributed by atoms with Crippen LogP contribution in [-0.4, -0.2) is 16.1 Å². The van der Waals surface area contributed by atoms with Gasteiger partial charge in [0.25, 0.3) is 0 Å². The molecule has 1 N–H and O–H groups in total. The zero-order valence-electron chi connectivity index (χ0n) is 11.3. The van der Waals surface area contributed by atoms with Crippen LogP contribution in [-0.2, 0) is 6.42 Å². The minimum Gasteiger partial charge on any atom is -0.384 e. The lowest BCUT2D eigenvalue weighted by Gasteiger charge is -2.12. The number of fused-ring (bicyclic) bond motifs is 1. The van der Waals surface area contributed by atoms with Crippen LogP contribution in [0.15, 0.2) is 30.7 Å². The summed E-state index contributed by atoms with van der Waals surface area (Å²) < 4.78 is 2.38. The number of hydrogen-bond acceptors (Lipinski definition) is 2. The number of aromatic nitrogens is 2. The number of imidazole rings is 1. The highest BCUT2D eigenvalue weighted by Gasteiger charge is 2.38. The SMILES string of the molecule is CCC1CC1n1cncc1-c1cccc2c1NCC2. The highest BCUT2D eigenvalue weighted by atomic mass is 15.1. The van der Waals surface area contributed by atoms with Gasteiger partial charge < -0.3 is 9.88 Å². The summed E-state index contributed by atoms with van der Waals surface area (Å²) in [5, 5.41) is 3.53. The Morgan fingerprint density at radius 3 is 3.21 bits per heavy atom. The normalized spacial score (nSPS) is 24.1. The molecule has 0 amide bonds. The largest absolute Gasteiger partial charge is 0.384 e. The molecule has 1 aliphatic carbocycles. The summed E-state index contributed by atoms with van der Waals surface area (Å²) in [4.78, 5) is 4.39. The van der Waals surface area contributed by atoms with Crippen LogP contribution in [0.1, 0.15) is 31.4 Å². The third-order valence-corrected chi connectivity index (χ3v) is 4.56. The van der Waals surface area contributed by atoms with Gasteiger partial charge in [-0.2, -0.15) is 0 Å². The van der Waals surface area contributed by atoms with Crippen molar-refractivity contribution in [2.75, 3.05) is 11.9 Å². The van der Waals surface area contributed by atoms with Gasteiger partial charge in [0.2, 0.25) is 0 Å². The van der Waals surface area contributed by atoms with Crippen LogP contribution in [0.2, 0.25) is 0 Å². The van der Waals surface area contributed by atoms with Crippen molar-refractivity contribution in [1.29, 1.82) is 0 Å². The Bertz CT molecular complexity index is 614. The molecule has 1 saturated carbocycles. The molecule has 2 aliphatic rings. The van der Waals surface area contributed by atoms with E-state index in [1.165, 1.54) is 35.3 Å². The molecular weight excluding hydrogens is 234 g/mol. The van der Waals surface area contributed by atoms with Gasteiger partial charge in [0.1, 0.15) is 0 Å². The van der Waals surface area contributed by atoms with Crippen molar-refractivity contribution < 1.29 is 0 Å². The first-order valence-corrected chi connectivity index (χ1v) is 7.26.